The zero-order valence-electron chi connectivity index (χ0n) is 10.3. The van der Waals surface area contributed by atoms with Crippen molar-refractivity contribution < 1.29 is 9.21 Å². The number of rotatable bonds is 2. The quantitative estimate of drug-likeness (QED) is 0.904. The molecule has 4 heteroatoms. The predicted molar refractivity (Wildman–Crippen MR) is 69.9 cm³/mol. The third kappa shape index (κ3) is 3.35. The van der Waals surface area contributed by atoms with Gasteiger partial charge in [0.1, 0.15) is 0 Å². The van der Waals surface area contributed by atoms with Crippen LogP contribution in [-0.4, -0.2) is 11.9 Å². The molecule has 0 radical (unpaired) electrons. The van der Waals surface area contributed by atoms with Crippen molar-refractivity contribution in [1.82, 2.24) is 5.32 Å². The molecular formula is C13H18BrNO2. The normalized spacial score (nSPS) is 20.2. The summed E-state index contributed by atoms with van der Waals surface area (Å²) < 4.78 is 5.82. The Morgan fingerprint density at radius 3 is 2.59 bits per heavy atom. The van der Waals surface area contributed by atoms with E-state index in [4.69, 9.17) is 4.42 Å². The number of hydrogen-bond donors (Lipinski definition) is 1. The smallest absolute Gasteiger partial charge is 0.287 e. The van der Waals surface area contributed by atoms with Crippen LogP contribution in [0.25, 0.3) is 0 Å². The van der Waals surface area contributed by atoms with E-state index in [2.05, 4.69) is 35.1 Å². The number of nitrogens with one attached hydrogen (secondary N) is 1. The van der Waals surface area contributed by atoms with E-state index >= 15 is 0 Å². The highest BCUT2D eigenvalue weighted by atomic mass is 79.9. The Morgan fingerprint density at radius 2 is 2.06 bits per heavy atom. The molecule has 1 aromatic rings. The summed E-state index contributed by atoms with van der Waals surface area (Å²) >= 11 is 3.19. The van der Waals surface area contributed by atoms with Gasteiger partial charge in [-0.05, 0) is 59.2 Å². The first-order valence-electron chi connectivity index (χ1n) is 6.02. The van der Waals surface area contributed by atoms with Crippen molar-refractivity contribution in [2.24, 2.45) is 5.41 Å². The van der Waals surface area contributed by atoms with Gasteiger partial charge in [-0.2, -0.15) is 0 Å². The number of hydrogen-bond acceptors (Lipinski definition) is 2. The minimum atomic E-state index is -0.111. The molecule has 0 aliphatic heterocycles. The average molecular weight is 300 g/mol. The molecule has 1 N–H and O–H groups in total. The van der Waals surface area contributed by atoms with Crippen LogP contribution in [0.15, 0.2) is 21.2 Å². The van der Waals surface area contributed by atoms with Crippen LogP contribution in [-0.2, 0) is 0 Å². The molecular weight excluding hydrogens is 282 g/mol. The van der Waals surface area contributed by atoms with Gasteiger partial charge in [0.05, 0.1) is 0 Å². The highest BCUT2D eigenvalue weighted by Gasteiger charge is 2.28. The zero-order chi connectivity index (χ0) is 12.5. The van der Waals surface area contributed by atoms with Gasteiger partial charge in [0, 0.05) is 6.04 Å². The van der Waals surface area contributed by atoms with Crippen LogP contribution in [0.1, 0.15) is 50.1 Å². The van der Waals surface area contributed by atoms with Crippen LogP contribution in [0.5, 0.6) is 0 Å². The fourth-order valence-electron chi connectivity index (χ4n) is 2.24. The number of furan rings is 1. The standard InChI is InChI=1S/C13H18BrNO2/c1-13(2)7-5-9(6-8-13)15-12(16)10-3-4-11(14)17-10/h3-4,9H,5-8H2,1-2H3,(H,15,16). The first-order chi connectivity index (χ1) is 7.96. The molecule has 1 amide bonds. The van der Waals surface area contributed by atoms with Crippen LogP contribution >= 0.6 is 15.9 Å². The van der Waals surface area contributed by atoms with Crippen LogP contribution < -0.4 is 5.32 Å². The van der Waals surface area contributed by atoms with Crippen LogP contribution in [0.3, 0.4) is 0 Å². The minimum absolute atomic E-state index is 0.111. The SMILES string of the molecule is CC1(C)CCC(NC(=O)c2ccc(Br)o2)CC1. The zero-order valence-corrected chi connectivity index (χ0v) is 11.8. The summed E-state index contributed by atoms with van der Waals surface area (Å²) in [6.45, 7) is 4.57. The second-order valence-electron chi connectivity index (χ2n) is 5.52. The Hall–Kier alpha value is -0.770. The lowest BCUT2D eigenvalue weighted by Crippen LogP contribution is -2.39. The number of carbonyl (C=O) groups excluding carboxylic acids is 1. The topological polar surface area (TPSA) is 42.2 Å². The lowest BCUT2D eigenvalue weighted by molar-refractivity contribution is 0.0880. The van der Waals surface area contributed by atoms with Crippen molar-refractivity contribution in [3.8, 4) is 0 Å². The van der Waals surface area contributed by atoms with Gasteiger partial charge in [0.15, 0.2) is 10.4 Å². The highest BCUT2D eigenvalue weighted by molar-refractivity contribution is 9.10. The molecule has 1 aliphatic rings. The van der Waals surface area contributed by atoms with E-state index in [1.165, 1.54) is 12.8 Å². The van der Waals surface area contributed by atoms with Gasteiger partial charge in [0.2, 0.25) is 0 Å². The molecule has 0 spiro atoms. The summed E-state index contributed by atoms with van der Waals surface area (Å²) in [7, 11) is 0. The molecule has 0 aromatic carbocycles. The van der Waals surface area contributed by atoms with Crippen LogP contribution in [0, 0.1) is 5.41 Å². The van der Waals surface area contributed by atoms with Crippen molar-refractivity contribution in [3.05, 3.63) is 22.6 Å². The molecule has 3 nitrogen and oxygen atoms in total. The molecule has 0 atom stereocenters. The maximum atomic E-state index is 11.9. The average Bonchev–Trinajstić information content (AvgIpc) is 2.68. The second-order valence-corrected chi connectivity index (χ2v) is 6.30. The molecule has 1 heterocycles. The Bertz CT molecular complexity index is 401. The van der Waals surface area contributed by atoms with Crippen LogP contribution in [0.2, 0.25) is 0 Å². The third-order valence-electron chi connectivity index (χ3n) is 3.47. The molecule has 1 saturated carbocycles. The van der Waals surface area contributed by atoms with Gasteiger partial charge < -0.3 is 9.73 Å². The van der Waals surface area contributed by atoms with Gasteiger partial charge in [-0.25, -0.2) is 0 Å². The lowest BCUT2D eigenvalue weighted by atomic mass is 9.75. The van der Waals surface area contributed by atoms with E-state index in [0.717, 1.165) is 12.8 Å². The van der Waals surface area contributed by atoms with Crippen molar-refractivity contribution in [3.63, 3.8) is 0 Å². The Kier molecular flexibility index (Phi) is 3.61. The van der Waals surface area contributed by atoms with E-state index in [0.29, 0.717) is 21.9 Å². The monoisotopic (exact) mass is 299 g/mol. The lowest BCUT2D eigenvalue weighted by Gasteiger charge is -2.34. The largest absolute Gasteiger partial charge is 0.444 e. The first kappa shape index (κ1) is 12.7. The summed E-state index contributed by atoms with van der Waals surface area (Å²) in [4.78, 5) is 11.9. The predicted octanol–water partition coefficient (Wildman–Crippen LogP) is 3.74. The summed E-state index contributed by atoms with van der Waals surface area (Å²) in [5, 5.41) is 3.03. The molecule has 0 bridgehead atoms. The van der Waals surface area contributed by atoms with E-state index in [-0.39, 0.29) is 5.91 Å². The fraction of sp³-hybridized carbons (Fsp3) is 0.615. The fourth-order valence-corrected chi connectivity index (χ4v) is 2.54. The molecule has 0 saturated heterocycles. The maximum Gasteiger partial charge on any atom is 0.287 e. The molecule has 94 valence electrons. The Morgan fingerprint density at radius 1 is 1.41 bits per heavy atom. The maximum absolute atomic E-state index is 11.9. The molecule has 1 aliphatic carbocycles. The second kappa shape index (κ2) is 4.84. The Labute approximate surface area is 110 Å². The molecule has 0 unspecified atom stereocenters. The van der Waals surface area contributed by atoms with Crippen molar-refractivity contribution in [2.45, 2.75) is 45.6 Å². The third-order valence-corrected chi connectivity index (χ3v) is 3.90. The summed E-state index contributed by atoms with van der Waals surface area (Å²) in [6, 6.07) is 3.71. The molecule has 1 aromatic heterocycles. The number of halogens is 1. The van der Waals surface area contributed by atoms with Gasteiger partial charge in [0.25, 0.3) is 5.91 Å². The number of carbonyl (C=O) groups is 1. The summed E-state index contributed by atoms with van der Waals surface area (Å²) in [6.07, 6.45) is 4.45. The first-order valence-corrected chi connectivity index (χ1v) is 6.82. The molecule has 1 fully saturated rings. The van der Waals surface area contributed by atoms with Crippen molar-refractivity contribution >= 4 is 21.8 Å². The van der Waals surface area contributed by atoms with Crippen LogP contribution in [0.4, 0.5) is 0 Å². The van der Waals surface area contributed by atoms with Gasteiger partial charge in [-0.3, -0.25) is 4.79 Å². The van der Waals surface area contributed by atoms with Crippen molar-refractivity contribution in [1.29, 1.82) is 0 Å². The van der Waals surface area contributed by atoms with E-state index < -0.39 is 0 Å². The van der Waals surface area contributed by atoms with E-state index in [1.54, 1.807) is 12.1 Å². The van der Waals surface area contributed by atoms with Gasteiger partial charge >= 0.3 is 0 Å². The summed E-state index contributed by atoms with van der Waals surface area (Å²) in [5.41, 5.74) is 0.426. The molecule has 2 rings (SSSR count). The van der Waals surface area contributed by atoms with E-state index in [1.807, 2.05) is 0 Å². The van der Waals surface area contributed by atoms with Gasteiger partial charge in [-0.1, -0.05) is 13.8 Å². The highest BCUT2D eigenvalue weighted by Crippen LogP contribution is 2.35. The molecule has 17 heavy (non-hydrogen) atoms. The van der Waals surface area contributed by atoms with Crippen molar-refractivity contribution in [2.75, 3.05) is 0 Å². The Balaban J connectivity index is 1.88. The van der Waals surface area contributed by atoms with Gasteiger partial charge in [-0.15, -0.1) is 0 Å². The van der Waals surface area contributed by atoms with E-state index in [9.17, 15) is 4.79 Å². The minimum Gasteiger partial charge on any atom is -0.444 e. The number of amides is 1. The summed E-state index contributed by atoms with van der Waals surface area (Å²) in [5.74, 6) is 0.266.